The van der Waals surface area contributed by atoms with E-state index in [0.29, 0.717) is 0 Å². The van der Waals surface area contributed by atoms with E-state index in [0.717, 1.165) is 24.1 Å². The van der Waals surface area contributed by atoms with Gasteiger partial charge >= 0.3 is 0 Å². The Bertz CT molecular complexity index is 309. The van der Waals surface area contributed by atoms with Crippen molar-refractivity contribution in [2.45, 2.75) is 32.7 Å². The van der Waals surface area contributed by atoms with Crippen LogP contribution in [0.2, 0.25) is 0 Å². The van der Waals surface area contributed by atoms with Gasteiger partial charge in [-0.1, -0.05) is 13.3 Å². The molecule has 14 heavy (non-hydrogen) atoms. The third kappa shape index (κ3) is 2.82. The second-order valence-corrected chi connectivity index (χ2v) is 4.10. The Labute approximate surface area is 88.3 Å². The van der Waals surface area contributed by atoms with Crippen molar-refractivity contribution in [3.63, 3.8) is 0 Å². The summed E-state index contributed by atoms with van der Waals surface area (Å²) in [6.45, 7) is 3.99. The molecule has 1 aromatic rings. The summed E-state index contributed by atoms with van der Waals surface area (Å²) in [4.78, 5) is 11.5. The van der Waals surface area contributed by atoms with E-state index in [1.54, 1.807) is 11.3 Å². The van der Waals surface area contributed by atoms with Gasteiger partial charge in [-0.25, -0.2) is 0 Å². The SMILES string of the molecule is CCCC(N)C(=O)Nc1cscc1C. The Morgan fingerprint density at radius 2 is 2.36 bits per heavy atom. The topological polar surface area (TPSA) is 55.1 Å². The normalized spacial score (nSPS) is 12.5. The number of carbonyl (C=O) groups is 1. The van der Waals surface area contributed by atoms with Crippen LogP contribution >= 0.6 is 11.3 Å². The first-order chi connectivity index (χ1) is 6.65. The summed E-state index contributed by atoms with van der Waals surface area (Å²) in [6.07, 6.45) is 1.66. The van der Waals surface area contributed by atoms with Crippen LogP contribution in [0, 0.1) is 6.92 Å². The standard InChI is InChI=1S/C10H16N2OS/c1-3-4-8(11)10(13)12-9-6-14-5-7(9)2/h5-6,8H,3-4,11H2,1-2H3,(H,12,13). The minimum Gasteiger partial charge on any atom is -0.324 e. The number of hydrogen-bond acceptors (Lipinski definition) is 3. The molecular formula is C10H16N2OS. The Kier molecular flexibility index (Phi) is 4.10. The van der Waals surface area contributed by atoms with Crippen LogP contribution in [0.3, 0.4) is 0 Å². The zero-order chi connectivity index (χ0) is 10.6. The van der Waals surface area contributed by atoms with Crippen molar-refractivity contribution in [1.29, 1.82) is 0 Å². The average molecular weight is 212 g/mol. The highest BCUT2D eigenvalue weighted by molar-refractivity contribution is 7.08. The van der Waals surface area contributed by atoms with E-state index in [-0.39, 0.29) is 11.9 Å². The van der Waals surface area contributed by atoms with E-state index in [2.05, 4.69) is 5.32 Å². The lowest BCUT2D eigenvalue weighted by Crippen LogP contribution is -2.35. The second-order valence-electron chi connectivity index (χ2n) is 3.35. The molecule has 0 aliphatic heterocycles. The van der Waals surface area contributed by atoms with E-state index in [1.807, 2.05) is 24.6 Å². The molecule has 0 fully saturated rings. The molecule has 0 aliphatic rings. The van der Waals surface area contributed by atoms with Crippen molar-refractivity contribution >= 4 is 22.9 Å². The number of nitrogens with two attached hydrogens (primary N) is 1. The molecule has 1 aromatic heterocycles. The maximum atomic E-state index is 11.5. The van der Waals surface area contributed by atoms with Crippen LogP contribution in [0.15, 0.2) is 10.8 Å². The van der Waals surface area contributed by atoms with Crippen LogP contribution in [0.4, 0.5) is 5.69 Å². The lowest BCUT2D eigenvalue weighted by Gasteiger charge is -2.10. The summed E-state index contributed by atoms with van der Waals surface area (Å²) in [5.41, 5.74) is 7.66. The molecule has 1 unspecified atom stereocenters. The molecule has 1 atom stereocenters. The number of thiophene rings is 1. The molecule has 4 heteroatoms. The van der Waals surface area contributed by atoms with Crippen molar-refractivity contribution in [2.75, 3.05) is 5.32 Å². The van der Waals surface area contributed by atoms with Crippen molar-refractivity contribution in [3.8, 4) is 0 Å². The highest BCUT2D eigenvalue weighted by atomic mass is 32.1. The van der Waals surface area contributed by atoms with Gasteiger partial charge in [0, 0.05) is 5.38 Å². The zero-order valence-corrected chi connectivity index (χ0v) is 9.36. The first-order valence-corrected chi connectivity index (χ1v) is 5.68. The van der Waals surface area contributed by atoms with E-state index in [9.17, 15) is 4.79 Å². The van der Waals surface area contributed by atoms with Gasteiger partial charge in [-0.05, 0) is 24.3 Å². The summed E-state index contributed by atoms with van der Waals surface area (Å²) < 4.78 is 0. The van der Waals surface area contributed by atoms with Crippen LogP contribution in [0.1, 0.15) is 25.3 Å². The Hall–Kier alpha value is -0.870. The summed E-state index contributed by atoms with van der Waals surface area (Å²) in [5, 5.41) is 6.74. The van der Waals surface area contributed by atoms with Gasteiger partial charge in [-0.3, -0.25) is 4.79 Å². The monoisotopic (exact) mass is 212 g/mol. The third-order valence-corrected chi connectivity index (χ3v) is 2.91. The third-order valence-electron chi connectivity index (χ3n) is 2.05. The predicted molar refractivity (Wildman–Crippen MR) is 60.6 cm³/mol. The molecule has 0 aliphatic carbocycles. The minimum atomic E-state index is -0.390. The maximum absolute atomic E-state index is 11.5. The quantitative estimate of drug-likeness (QED) is 0.803. The smallest absolute Gasteiger partial charge is 0.241 e. The fourth-order valence-corrected chi connectivity index (χ4v) is 1.94. The average Bonchev–Trinajstić information content (AvgIpc) is 2.52. The second kappa shape index (κ2) is 5.12. The molecule has 0 spiro atoms. The van der Waals surface area contributed by atoms with Gasteiger partial charge in [-0.2, -0.15) is 0 Å². The van der Waals surface area contributed by atoms with Crippen molar-refractivity contribution < 1.29 is 4.79 Å². The number of aryl methyl sites for hydroxylation is 1. The zero-order valence-electron chi connectivity index (χ0n) is 8.54. The number of nitrogens with one attached hydrogen (secondary N) is 1. The molecular weight excluding hydrogens is 196 g/mol. The minimum absolute atomic E-state index is 0.0895. The number of rotatable bonds is 4. The predicted octanol–water partition coefficient (Wildman–Crippen LogP) is 2.12. The van der Waals surface area contributed by atoms with Crippen LogP contribution in [-0.4, -0.2) is 11.9 Å². The molecule has 1 heterocycles. The number of hydrogen-bond donors (Lipinski definition) is 2. The molecule has 0 radical (unpaired) electrons. The number of anilines is 1. The maximum Gasteiger partial charge on any atom is 0.241 e. The van der Waals surface area contributed by atoms with Gasteiger partial charge in [0.15, 0.2) is 0 Å². The van der Waals surface area contributed by atoms with E-state index in [4.69, 9.17) is 5.73 Å². The molecule has 0 saturated heterocycles. The fraction of sp³-hybridized carbons (Fsp3) is 0.500. The first-order valence-electron chi connectivity index (χ1n) is 4.74. The summed E-state index contributed by atoms with van der Waals surface area (Å²) in [5.74, 6) is -0.0895. The number of carbonyl (C=O) groups excluding carboxylic acids is 1. The molecule has 1 rings (SSSR count). The van der Waals surface area contributed by atoms with Gasteiger partial charge in [0.05, 0.1) is 11.7 Å². The highest BCUT2D eigenvalue weighted by Crippen LogP contribution is 2.19. The van der Waals surface area contributed by atoms with Gasteiger partial charge < -0.3 is 11.1 Å². The van der Waals surface area contributed by atoms with E-state index in [1.165, 1.54) is 0 Å². The van der Waals surface area contributed by atoms with E-state index >= 15 is 0 Å². The highest BCUT2D eigenvalue weighted by Gasteiger charge is 2.13. The molecule has 0 bridgehead atoms. The number of amides is 1. The summed E-state index contributed by atoms with van der Waals surface area (Å²) in [7, 11) is 0. The van der Waals surface area contributed by atoms with Crippen LogP contribution < -0.4 is 11.1 Å². The van der Waals surface area contributed by atoms with Crippen molar-refractivity contribution in [1.82, 2.24) is 0 Å². The van der Waals surface area contributed by atoms with Gasteiger partial charge in [0.2, 0.25) is 5.91 Å². The van der Waals surface area contributed by atoms with Crippen molar-refractivity contribution in [2.24, 2.45) is 5.73 Å². The largest absolute Gasteiger partial charge is 0.324 e. The lowest BCUT2D eigenvalue weighted by molar-refractivity contribution is -0.117. The molecule has 1 amide bonds. The van der Waals surface area contributed by atoms with Gasteiger partial charge in [-0.15, -0.1) is 11.3 Å². The molecule has 0 saturated carbocycles. The van der Waals surface area contributed by atoms with Gasteiger partial charge in [0.25, 0.3) is 0 Å². The van der Waals surface area contributed by atoms with Crippen LogP contribution in [0.5, 0.6) is 0 Å². The molecule has 78 valence electrons. The molecule has 3 nitrogen and oxygen atoms in total. The first kappa shape index (κ1) is 11.2. The summed E-state index contributed by atoms with van der Waals surface area (Å²) >= 11 is 1.58. The van der Waals surface area contributed by atoms with Crippen LogP contribution in [-0.2, 0) is 4.79 Å². The Morgan fingerprint density at radius 1 is 1.64 bits per heavy atom. The molecule has 0 aromatic carbocycles. The fourth-order valence-electron chi connectivity index (χ4n) is 1.16. The lowest BCUT2D eigenvalue weighted by atomic mass is 10.1. The Balaban J connectivity index is 2.53. The Morgan fingerprint density at radius 3 is 2.86 bits per heavy atom. The van der Waals surface area contributed by atoms with Crippen LogP contribution in [0.25, 0.3) is 0 Å². The summed E-state index contributed by atoms with van der Waals surface area (Å²) in [6, 6.07) is -0.390. The van der Waals surface area contributed by atoms with E-state index < -0.39 is 0 Å². The van der Waals surface area contributed by atoms with Crippen molar-refractivity contribution in [3.05, 3.63) is 16.3 Å². The molecule has 3 N–H and O–H groups in total. The van der Waals surface area contributed by atoms with Gasteiger partial charge in [0.1, 0.15) is 0 Å².